The Labute approximate surface area is 82.6 Å². The summed E-state index contributed by atoms with van der Waals surface area (Å²) in [5.41, 5.74) is 2.51. The second kappa shape index (κ2) is 3.36. The topological polar surface area (TPSA) is 47.8 Å². The fourth-order valence-corrected chi connectivity index (χ4v) is 1.57. The minimum Gasteiger partial charge on any atom is -0.296 e. The molecule has 0 unspecified atom stereocenters. The van der Waals surface area contributed by atoms with E-state index < -0.39 is 0 Å². The average Bonchev–Trinajstić information content (AvgIpc) is 2.88. The fourth-order valence-electron chi connectivity index (χ4n) is 1.57. The van der Waals surface area contributed by atoms with Crippen LogP contribution < -0.4 is 0 Å². The van der Waals surface area contributed by atoms with Crippen molar-refractivity contribution in [2.45, 2.75) is 32.2 Å². The van der Waals surface area contributed by atoms with Gasteiger partial charge in [0.05, 0.1) is 12.2 Å². The molecule has 1 aromatic heterocycles. The number of aldehydes is 1. The van der Waals surface area contributed by atoms with Crippen LogP contribution in [-0.4, -0.2) is 21.3 Å². The van der Waals surface area contributed by atoms with Gasteiger partial charge in [-0.15, -0.1) is 5.10 Å². The highest BCUT2D eigenvalue weighted by atomic mass is 16.1. The predicted octanol–water partition coefficient (Wildman–Crippen LogP) is 1.54. The molecule has 1 aromatic rings. The van der Waals surface area contributed by atoms with Crippen molar-refractivity contribution in [3.8, 4) is 0 Å². The van der Waals surface area contributed by atoms with Gasteiger partial charge in [-0.1, -0.05) is 17.4 Å². The largest absolute Gasteiger partial charge is 0.296 e. The summed E-state index contributed by atoms with van der Waals surface area (Å²) in [6, 6.07) is 0. The molecule has 74 valence electrons. The Hall–Kier alpha value is -1.45. The van der Waals surface area contributed by atoms with Gasteiger partial charge in [-0.25, -0.2) is 4.68 Å². The third-order valence-electron chi connectivity index (χ3n) is 2.30. The summed E-state index contributed by atoms with van der Waals surface area (Å²) in [4.78, 5) is 10.7. The fraction of sp³-hybridized carbons (Fsp3) is 0.500. The van der Waals surface area contributed by atoms with Crippen LogP contribution in [0.15, 0.2) is 12.2 Å². The van der Waals surface area contributed by atoms with Crippen molar-refractivity contribution in [3.63, 3.8) is 0 Å². The summed E-state index contributed by atoms with van der Waals surface area (Å²) in [5, 5.41) is 7.82. The molecule has 0 saturated heterocycles. The lowest BCUT2D eigenvalue weighted by molar-refractivity contribution is 0.111. The van der Waals surface area contributed by atoms with Crippen LogP contribution in [0.25, 0.3) is 0 Å². The minimum atomic E-state index is 0.490. The van der Waals surface area contributed by atoms with Gasteiger partial charge < -0.3 is 0 Å². The zero-order chi connectivity index (χ0) is 10.1. The van der Waals surface area contributed by atoms with E-state index in [1.165, 1.54) is 0 Å². The van der Waals surface area contributed by atoms with E-state index in [9.17, 15) is 4.79 Å². The van der Waals surface area contributed by atoms with Gasteiger partial charge in [0.25, 0.3) is 0 Å². The number of carbonyl (C=O) groups is 1. The van der Waals surface area contributed by atoms with E-state index in [0.717, 1.165) is 30.4 Å². The van der Waals surface area contributed by atoms with Crippen LogP contribution in [0.4, 0.5) is 0 Å². The monoisotopic (exact) mass is 191 g/mol. The SMILES string of the molecule is C=C(C)Cn1nnc(C=O)c1C1CC1. The number of nitrogens with zero attached hydrogens (tertiary/aromatic N) is 3. The van der Waals surface area contributed by atoms with Crippen LogP contribution in [0.5, 0.6) is 0 Å². The second-order valence-corrected chi connectivity index (χ2v) is 3.87. The van der Waals surface area contributed by atoms with Crippen molar-refractivity contribution < 1.29 is 4.79 Å². The lowest BCUT2D eigenvalue weighted by Crippen LogP contribution is -2.05. The molecule has 0 aliphatic heterocycles. The third-order valence-corrected chi connectivity index (χ3v) is 2.30. The molecule has 0 radical (unpaired) electrons. The Morgan fingerprint density at radius 1 is 1.71 bits per heavy atom. The number of aromatic nitrogens is 3. The molecule has 4 heteroatoms. The first-order valence-corrected chi connectivity index (χ1v) is 4.75. The Morgan fingerprint density at radius 3 is 2.93 bits per heavy atom. The van der Waals surface area contributed by atoms with Gasteiger partial charge in [0.1, 0.15) is 5.69 Å². The molecule has 0 spiro atoms. The standard InChI is InChI=1S/C10H13N3O/c1-7(2)5-13-10(8-3-4-8)9(6-14)11-12-13/h6,8H,1,3-5H2,2H3. The van der Waals surface area contributed by atoms with E-state index in [1.807, 2.05) is 6.92 Å². The van der Waals surface area contributed by atoms with Crippen LogP contribution >= 0.6 is 0 Å². The first-order chi connectivity index (χ1) is 6.72. The number of hydrogen-bond donors (Lipinski definition) is 0. The maximum atomic E-state index is 10.7. The van der Waals surface area contributed by atoms with Crippen LogP contribution in [0.3, 0.4) is 0 Å². The van der Waals surface area contributed by atoms with E-state index in [1.54, 1.807) is 4.68 Å². The smallest absolute Gasteiger partial charge is 0.172 e. The molecular formula is C10H13N3O. The van der Waals surface area contributed by atoms with Gasteiger partial charge in [0, 0.05) is 5.92 Å². The molecule has 2 rings (SSSR count). The maximum absolute atomic E-state index is 10.7. The zero-order valence-electron chi connectivity index (χ0n) is 8.23. The zero-order valence-corrected chi connectivity index (χ0v) is 8.23. The molecule has 0 atom stereocenters. The summed E-state index contributed by atoms with van der Waals surface area (Å²) in [6.45, 7) is 6.43. The van der Waals surface area contributed by atoms with E-state index in [2.05, 4.69) is 16.9 Å². The van der Waals surface area contributed by atoms with Gasteiger partial charge >= 0.3 is 0 Å². The number of allylic oxidation sites excluding steroid dienone is 1. The number of rotatable bonds is 4. The van der Waals surface area contributed by atoms with E-state index in [4.69, 9.17) is 0 Å². The maximum Gasteiger partial charge on any atom is 0.172 e. The minimum absolute atomic E-state index is 0.490. The molecule has 1 fully saturated rings. The van der Waals surface area contributed by atoms with E-state index >= 15 is 0 Å². The van der Waals surface area contributed by atoms with Gasteiger partial charge in [-0.2, -0.15) is 0 Å². The van der Waals surface area contributed by atoms with Crippen LogP contribution in [0.2, 0.25) is 0 Å². The molecule has 1 heterocycles. The van der Waals surface area contributed by atoms with Crippen LogP contribution in [0.1, 0.15) is 41.9 Å². The van der Waals surface area contributed by atoms with Crippen molar-refractivity contribution in [3.05, 3.63) is 23.5 Å². The van der Waals surface area contributed by atoms with Crippen LogP contribution in [-0.2, 0) is 6.54 Å². The van der Waals surface area contributed by atoms with Crippen molar-refractivity contribution >= 4 is 6.29 Å². The molecule has 1 saturated carbocycles. The number of carbonyl (C=O) groups excluding carboxylic acids is 1. The Bertz CT molecular complexity index is 377. The molecule has 1 aliphatic rings. The lowest BCUT2D eigenvalue weighted by Gasteiger charge is -2.04. The molecular weight excluding hydrogens is 178 g/mol. The average molecular weight is 191 g/mol. The lowest BCUT2D eigenvalue weighted by atomic mass is 10.2. The Balaban J connectivity index is 2.33. The van der Waals surface area contributed by atoms with E-state index in [0.29, 0.717) is 18.2 Å². The molecule has 0 amide bonds. The van der Waals surface area contributed by atoms with E-state index in [-0.39, 0.29) is 0 Å². The molecule has 1 aliphatic carbocycles. The third kappa shape index (κ3) is 1.60. The van der Waals surface area contributed by atoms with Crippen molar-refractivity contribution in [1.82, 2.24) is 15.0 Å². The summed E-state index contributed by atoms with van der Waals surface area (Å²) < 4.78 is 1.80. The Morgan fingerprint density at radius 2 is 2.43 bits per heavy atom. The van der Waals surface area contributed by atoms with Gasteiger partial charge in [-0.3, -0.25) is 4.79 Å². The van der Waals surface area contributed by atoms with Gasteiger partial charge in [0.15, 0.2) is 6.29 Å². The molecule has 14 heavy (non-hydrogen) atoms. The summed E-state index contributed by atoms with van der Waals surface area (Å²) in [6.07, 6.45) is 3.07. The van der Waals surface area contributed by atoms with Crippen molar-refractivity contribution in [1.29, 1.82) is 0 Å². The highest BCUT2D eigenvalue weighted by Crippen LogP contribution is 2.40. The molecule has 0 aromatic carbocycles. The molecule has 4 nitrogen and oxygen atoms in total. The van der Waals surface area contributed by atoms with Crippen molar-refractivity contribution in [2.24, 2.45) is 0 Å². The van der Waals surface area contributed by atoms with Crippen molar-refractivity contribution in [2.75, 3.05) is 0 Å². The normalized spacial score (nSPS) is 15.5. The Kier molecular flexibility index (Phi) is 2.19. The highest BCUT2D eigenvalue weighted by molar-refractivity contribution is 5.73. The van der Waals surface area contributed by atoms with Gasteiger partial charge in [0.2, 0.25) is 0 Å². The first-order valence-electron chi connectivity index (χ1n) is 4.75. The molecule has 0 N–H and O–H groups in total. The second-order valence-electron chi connectivity index (χ2n) is 3.87. The summed E-state index contributed by atoms with van der Waals surface area (Å²) in [7, 11) is 0. The highest BCUT2D eigenvalue weighted by Gasteiger charge is 2.30. The quantitative estimate of drug-likeness (QED) is 0.535. The first kappa shape index (κ1) is 9.12. The number of hydrogen-bond acceptors (Lipinski definition) is 3. The predicted molar refractivity (Wildman–Crippen MR) is 52.2 cm³/mol. The molecule has 0 bridgehead atoms. The summed E-state index contributed by atoms with van der Waals surface area (Å²) >= 11 is 0. The summed E-state index contributed by atoms with van der Waals surface area (Å²) in [5.74, 6) is 0.490. The van der Waals surface area contributed by atoms with Gasteiger partial charge in [-0.05, 0) is 19.8 Å². The van der Waals surface area contributed by atoms with Crippen LogP contribution in [0, 0.1) is 0 Å².